The Morgan fingerprint density at radius 3 is 2.61 bits per heavy atom. The molecule has 142 valence electrons. The number of benzene rings is 2. The lowest BCUT2D eigenvalue weighted by atomic mass is 9.96. The maximum Gasteiger partial charge on any atom is 0.291 e. The third-order valence-electron chi connectivity index (χ3n) is 4.67. The second kappa shape index (κ2) is 8.00. The van der Waals surface area contributed by atoms with Crippen LogP contribution in [0.2, 0.25) is 0 Å². The van der Waals surface area contributed by atoms with Crippen LogP contribution in [0.1, 0.15) is 21.7 Å². The molecule has 6 heteroatoms. The van der Waals surface area contributed by atoms with Gasteiger partial charge in [0.15, 0.2) is 5.76 Å². The van der Waals surface area contributed by atoms with Gasteiger partial charge in [-0.1, -0.05) is 30.3 Å². The molecule has 1 aromatic heterocycles. The first-order valence-corrected chi connectivity index (χ1v) is 9.11. The van der Waals surface area contributed by atoms with Gasteiger partial charge in [-0.3, -0.25) is 9.59 Å². The summed E-state index contributed by atoms with van der Waals surface area (Å²) in [5, 5.41) is 5.72. The normalized spacial score (nSPS) is 15.2. The van der Waals surface area contributed by atoms with E-state index < -0.39 is 0 Å². The maximum atomic E-state index is 12.5. The van der Waals surface area contributed by atoms with Crippen molar-refractivity contribution in [1.29, 1.82) is 0 Å². The van der Waals surface area contributed by atoms with Crippen LogP contribution in [0.4, 0.5) is 5.69 Å². The molecule has 0 radical (unpaired) electrons. The van der Waals surface area contributed by atoms with Crippen LogP contribution >= 0.6 is 0 Å². The van der Waals surface area contributed by atoms with Gasteiger partial charge in [0.05, 0.1) is 12.2 Å². The van der Waals surface area contributed by atoms with Crippen LogP contribution in [-0.4, -0.2) is 18.4 Å². The van der Waals surface area contributed by atoms with Crippen LogP contribution in [0.15, 0.2) is 71.3 Å². The summed E-state index contributed by atoms with van der Waals surface area (Å²) in [6.45, 7) is 0.810. The van der Waals surface area contributed by atoms with E-state index in [-0.39, 0.29) is 23.5 Å². The van der Waals surface area contributed by atoms with Crippen LogP contribution < -0.4 is 15.4 Å². The first-order chi connectivity index (χ1) is 13.7. The van der Waals surface area contributed by atoms with Crippen LogP contribution in [0.3, 0.4) is 0 Å². The number of amides is 2. The van der Waals surface area contributed by atoms with Gasteiger partial charge in [-0.05, 0) is 47.9 Å². The van der Waals surface area contributed by atoms with Crippen LogP contribution in [0.5, 0.6) is 5.75 Å². The smallest absolute Gasteiger partial charge is 0.291 e. The molecule has 6 nitrogen and oxygen atoms in total. The van der Waals surface area contributed by atoms with Gasteiger partial charge in [-0.2, -0.15) is 0 Å². The fourth-order valence-corrected chi connectivity index (χ4v) is 3.14. The summed E-state index contributed by atoms with van der Waals surface area (Å²) in [6, 6.07) is 18.4. The number of hydrogen-bond acceptors (Lipinski definition) is 4. The Bertz CT molecular complexity index is 964. The maximum absolute atomic E-state index is 12.5. The number of anilines is 1. The van der Waals surface area contributed by atoms with Crippen molar-refractivity contribution in [3.05, 3.63) is 83.8 Å². The Morgan fingerprint density at radius 1 is 1.00 bits per heavy atom. The van der Waals surface area contributed by atoms with E-state index in [2.05, 4.69) is 10.6 Å². The number of carbonyl (C=O) groups is 2. The lowest BCUT2D eigenvalue weighted by Gasteiger charge is -2.24. The minimum absolute atomic E-state index is 0.0234. The topological polar surface area (TPSA) is 80.6 Å². The number of nitrogens with one attached hydrogen (secondary N) is 2. The molecule has 0 saturated carbocycles. The van der Waals surface area contributed by atoms with Crippen molar-refractivity contribution in [3.8, 4) is 5.75 Å². The van der Waals surface area contributed by atoms with Gasteiger partial charge in [0, 0.05) is 12.2 Å². The molecule has 28 heavy (non-hydrogen) atoms. The number of para-hydroxylation sites is 1. The lowest BCUT2D eigenvalue weighted by Crippen LogP contribution is -2.37. The summed E-state index contributed by atoms with van der Waals surface area (Å²) in [5.74, 6) is 0.599. The van der Waals surface area contributed by atoms with Gasteiger partial charge in [-0.25, -0.2) is 0 Å². The summed E-state index contributed by atoms with van der Waals surface area (Å²) < 4.78 is 10.7. The predicted molar refractivity (Wildman–Crippen MR) is 104 cm³/mol. The second-order valence-electron chi connectivity index (χ2n) is 6.67. The van der Waals surface area contributed by atoms with Gasteiger partial charge in [0.2, 0.25) is 5.91 Å². The Morgan fingerprint density at radius 2 is 1.82 bits per heavy atom. The van der Waals surface area contributed by atoms with Crippen molar-refractivity contribution in [2.24, 2.45) is 5.92 Å². The number of carbonyl (C=O) groups excluding carboxylic acids is 2. The molecule has 2 aromatic carbocycles. The fourth-order valence-electron chi connectivity index (χ4n) is 3.14. The van der Waals surface area contributed by atoms with Crippen molar-refractivity contribution < 1.29 is 18.7 Å². The van der Waals surface area contributed by atoms with Gasteiger partial charge in [0.1, 0.15) is 12.4 Å². The number of hydrogen-bond donors (Lipinski definition) is 2. The van der Waals surface area contributed by atoms with Crippen molar-refractivity contribution >= 4 is 17.5 Å². The molecule has 3 aromatic rings. The predicted octanol–water partition coefficient (Wildman–Crippen LogP) is 3.40. The largest absolute Gasteiger partial charge is 0.492 e. The lowest BCUT2D eigenvalue weighted by molar-refractivity contribution is -0.126. The molecule has 0 fully saturated rings. The number of furan rings is 1. The highest BCUT2D eigenvalue weighted by Gasteiger charge is 2.25. The summed E-state index contributed by atoms with van der Waals surface area (Å²) in [5.41, 5.74) is 2.67. The minimum Gasteiger partial charge on any atom is -0.492 e. The van der Waals surface area contributed by atoms with E-state index in [0.717, 1.165) is 16.9 Å². The van der Waals surface area contributed by atoms with Crippen molar-refractivity contribution in [3.63, 3.8) is 0 Å². The van der Waals surface area contributed by atoms with E-state index in [1.165, 1.54) is 6.26 Å². The Hall–Kier alpha value is -3.54. The zero-order chi connectivity index (χ0) is 19.3. The first-order valence-electron chi connectivity index (χ1n) is 9.11. The van der Waals surface area contributed by atoms with E-state index in [1.807, 2.05) is 36.4 Å². The van der Waals surface area contributed by atoms with Gasteiger partial charge in [0.25, 0.3) is 5.91 Å². The highest BCUT2D eigenvalue weighted by atomic mass is 16.5. The third kappa shape index (κ3) is 4.06. The summed E-state index contributed by atoms with van der Waals surface area (Å²) in [7, 11) is 0. The minimum atomic E-state index is -0.302. The van der Waals surface area contributed by atoms with E-state index in [1.54, 1.807) is 24.3 Å². The Balaban J connectivity index is 1.29. The molecular weight excluding hydrogens is 356 g/mol. The van der Waals surface area contributed by atoms with Gasteiger partial charge in [-0.15, -0.1) is 0 Å². The molecule has 0 spiro atoms. The van der Waals surface area contributed by atoms with E-state index in [4.69, 9.17) is 9.15 Å². The van der Waals surface area contributed by atoms with Gasteiger partial charge >= 0.3 is 0 Å². The molecule has 2 amide bonds. The quantitative estimate of drug-likeness (QED) is 0.715. The van der Waals surface area contributed by atoms with E-state index >= 15 is 0 Å². The molecule has 0 unspecified atom stereocenters. The summed E-state index contributed by atoms with van der Waals surface area (Å²) in [6.07, 6.45) is 2.14. The first kappa shape index (κ1) is 17.9. The zero-order valence-electron chi connectivity index (χ0n) is 15.2. The fraction of sp³-hybridized carbons (Fsp3) is 0.182. The number of rotatable bonds is 5. The molecule has 0 aliphatic carbocycles. The molecule has 2 heterocycles. The molecule has 4 rings (SSSR count). The number of fused-ring (bicyclic) bond motifs is 1. The summed E-state index contributed by atoms with van der Waals surface area (Å²) in [4.78, 5) is 24.4. The average Bonchev–Trinajstić information content (AvgIpc) is 3.28. The van der Waals surface area contributed by atoms with E-state index in [9.17, 15) is 9.59 Å². The SMILES string of the molecule is O=C(Nc1ccc(CNC(=O)[C@@H]2COc3ccccc3C2)cc1)c1ccco1. The van der Waals surface area contributed by atoms with Crippen molar-refractivity contribution in [2.45, 2.75) is 13.0 Å². The average molecular weight is 376 g/mol. The molecule has 1 atom stereocenters. The second-order valence-corrected chi connectivity index (χ2v) is 6.67. The zero-order valence-corrected chi connectivity index (χ0v) is 15.2. The highest BCUT2D eigenvalue weighted by molar-refractivity contribution is 6.02. The highest BCUT2D eigenvalue weighted by Crippen LogP contribution is 2.26. The van der Waals surface area contributed by atoms with Gasteiger partial charge < -0.3 is 19.8 Å². The standard InChI is InChI=1S/C22H20N2O4/c25-21(17-12-16-4-1-2-5-19(16)28-14-17)23-13-15-7-9-18(10-8-15)24-22(26)20-6-3-11-27-20/h1-11,17H,12-14H2,(H,23,25)(H,24,26)/t17-/m0/s1. The van der Waals surface area contributed by atoms with Crippen LogP contribution in [0, 0.1) is 5.92 Å². The third-order valence-corrected chi connectivity index (χ3v) is 4.67. The monoisotopic (exact) mass is 376 g/mol. The Labute approximate surface area is 162 Å². The summed E-state index contributed by atoms with van der Waals surface area (Å²) >= 11 is 0. The van der Waals surface area contributed by atoms with Crippen molar-refractivity contribution in [1.82, 2.24) is 5.32 Å². The molecule has 2 N–H and O–H groups in total. The molecule has 1 aliphatic rings. The van der Waals surface area contributed by atoms with Crippen LogP contribution in [-0.2, 0) is 17.8 Å². The molecular formula is C22H20N2O4. The van der Waals surface area contributed by atoms with Crippen molar-refractivity contribution in [2.75, 3.05) is 11.9 Å². The molecule has 0 saturated heterocycles. The molecule has 1 aliphatic heterocycles. The van der Waals surface area contributed by atoms with E-state index in [0.29, 0.717) is 25.3 Å². The Kier molecular flexibility index (Phi) is 5.10. The molecule has 0 bridgehead atoms. The van der Waals surface area contributed by atoms with Crippen LogP contribution in [0.25, 0.3) is 0 Å². The number of ether oxygens (including phenoxy) is 1.